The van der Waals surface area contributed by atoms with Crippen LogP contribution in [0.2, 0.25) is 0 Å². The zero-order chi connectivity index (χ0) is 20.7. The van der Waals surface area contributed by atoms with E-state index in [9.17, 15) is 13.2 Å². The van der Waals surface area contributed by atoms with E-state index in [-0.39, 0.29) is 0 Å². The van der Waals surface area contributed by atoms with Gasteiger partial charge in [0.1, 0.15) is 5.75 Å². The molecule has 0 spiro atoms. The van der Waals surface area contributed by atoms with Crippen molar-refractivity contribution in [2.75, 3.05) is 12.9 Å². The van der Waals surface area contributed by atoms with Gasteiger partial charge in [-0.15, -0.1) is 0 Å². The lowest BCUT2D eigenvalue weighted by Gasteiger charge is -2.16. The van der Waals surface area contributed by atoms with Crippen molar-refractivity contribution in [1.29, 1.82) is 0 Å². The van der Waals surface area contributed by atoms with E-state index in [2.05, 4.69) is 0 Å². The van der Waals surface area contributed by atoms with Crippen molar-refractivity contribution < 1.29 is 22.6 Å². The first kappa shape index (κ1) is 21.1. The first-order chi connectivity index (χ1) is 14.0. The average molecular weight is 418 g/mol. The van der Waals surface area contributed by atoms with Gasteiger partial charge in [-0.2, -0.15) is 24.9 Å². The smallest absolute Gasteiger partial charge is 0.416 e. The molecule has 0 aliphatic heterocycles. The Morgan fingerprint density at radius 2 is 1.52 bits per heavy atom. The molecule has 0 aromatic heterocycles. The maximum atomic E-state index is 13.2. The van der Waals surface area contributed by atoms with Gasteiger partial charge in [0, 0.05) is 11.3 Å². The molecule has 29 heavy (non-hydrogen) atoms. The number of hydrogen-bond acceptors (Lipinski definition) is 3. The molecule has 0 heterocycles. The van der Waals surface area contributed by atoms with Crippen LogP contribution < -0.4 is 9.47 Å². The van der Waals surface area contributed by atoms with Gasteiger partial charge in [0.15, 0.2) is 11.5 Å². The molecule has 0 aliphatic rings. The summed E-state index contributed by atoms with van der Waals surface area (Å²) in [5.74, 6) is 2.60. The fourth-order valence-electron chi connectivity index (χ4n) is 2.81. The summed E-state index contributed by atoms with van der Waals surface area (Å²) in [7, 11) is 1.52. The minimum Gasteiger partial charge on any atom is -0.493 e. The molecule has 2 nitrogen and oxygen atoms in total. The molecule has 3 rings (SSSR count). The highest BCUT2D eigenvalue weighted by atomic mass is 32.2. The summed E-state index contributed by atoms with van der Waals surface area (Å²) >= 11 is 1.58. The largest absolute Gasteiger partial charge is 0.493 e. The van der Waals surface area contributed by atoms with E-state index in [1.165, 1.54) is 24.8 Å². The lowest BCUT2D eigenvalue weighted by molar-refractivity contribution is -0.137. The number of ether oxygens (including phenoxy) is 2. The van der Waals surface area contributed by atoms with Crippen molar-refractivity contribution >= 4 is 11.8 Å². The fraction of sp³-hybridized carbons (Fsp3) is 0.217. The minimum atomic E-state index is -4.40. The third kappa shape index (κ3) is 5.94. The van der Waals surface area contributed by atoms with Crippen molar-refractivity contribution in [3.63, 3.8) is 0 Å². The highest BCUT2D eigenvalue weighted by Gasteiger charge is 2.31. The molecule has 0 saturated carbocycles. The van der Waals surface area contributed by atoms with Crippen LogP contribution in [0.1, 0.15) is 16.7 Å². The molecule has 0 aliphatic carbocycles. The van der Waals surface area contributed by atoms with E-state index in [0.29, 0.717) is 28.6 Å². The molecule has 0 amide bonds. The van der Waals surface area contributed by atoms with E-state index in [1.807, 2.05) is 30.3 Å². The second-order valence-electron chi connectivity index (χ2n) is 6.36. The number of alkyl halides is 3. The first-order valence-corrected chi connectivity index (χ1v) is 10.3. The summed E-state index contributed by atoms with van der Waals surface area (Å²) in [5.41, 5.74) is 1.03. The van der Waals surface area contributed by atoms with Crippen molar-refractivity contribution in [3.05, 3.63) is 89.5 Å². The maximum absolute atomic E-state index is 13.2. The van der Waals surface area contributed by atoms with E-state index < -0.39 is 11.7 Å². The van der Waals surface area contributed by atoms with Crippen molar-refractivity contribution in [1.82, 2.24) is 0 Å². The first-order valence-electron chi connectivity index (χ1n) is 9.10. The molecule has 0 saturated heterocycles. The van der Waals surface area contributed by atoms with Gasteiger partial charge >= 0.3 is 6.18 Å². The summed E-state index contributed by atoms with van der Waals surface area (Å²) in [6, 6.07) is 20.7. The SMILES string of the molecule is COc1ccccc1Oc1ccc(C(F)(F)F)cc1CSCCc1ccccc1. The summed E-state index contributed by atoms with van der Waals surface area (Å²) < 4.78 is 50.7. The van der Waals surface area contributed by atoms with Crippen LogP contribution >= 0.6 is 11.8 Å². The lowest BCUT2D eigenvalue weighted by atomic mass is 10.1. The van der Waals surface area contributed by atoms with Gasteiger partial charge in [-0.05, 0) is 48.1 Å². The second-order valence-corrected chi connectivity index (χ2v) is 7.47. The lowest BCUT2D eigenvalue weighted by Crippen LogP contribution is -2.06. The van der Waals surface area contributed by atoms with Crippen LogP contribution in [0, 0.1) is 0 Å². The number of hydrogen-bond donors (Lipinski definition) is 0. The molecular formula is C23H21F3O2S. The van der Waals surface area contributed by atoms with Gasteiger partial charge in [-0.1, -0.05) is 42.5 Å². The summed E-state index contributed by atoms with van der Waals surface area (Å²) in [6.07, 6.45) is -3.54. The van der Waals surface area contributed by atoms with Gasteiger partial charge in [-0.3, -0.25) is 0 Å². The number of methoxy groups -OCH3 is 1. The Balaban J connectivity index is 1.76. The Hall–Kier alpha value is -2.60. The quantitative estimate of drug-likeness (QED) is 0.368. The molecule has 0 unspecified atom stereocenters. The standard InChI is InChI=1S/C23H21F3O2S/c1-27-21-9-5-6-10-22(21)28-20-12-11-19(23(24,25)26)15-18(20)16-29-14-13-17-7-3-2-4-8-17/h2-12,15H,13-14,16H2,1H3. The number of benzene rings is 3. The van der Waals surface area contributed by atoms with Crippen LogP contribution in [0.3, 0.4) is 0 Å². The van der Waals surface area contributed by atoms with Crippen LogP contribution in [0.25, 0.3) is 0 Å². The van der Waals surface area contributed by atoms with E-state index in [0.717, 1.165) is 18.2 Å². The second kappa shape index (κ2) is 9.74. The molecule has 0 bridgehead atoms. The maximum Gasteiger partial charge on any atom is 0.416 e. The van der Waals surface area contributed by atoms with Crippen LogP contribution in [0.4, 0.5) is 13.2 Å². The third-order valence-electron chi connectivity index (χ3n) is 4.31. The molecule has 0 atom stereocenters. The Morgan fingerprint density at radius 1 is 0.828 bits per heavy atom. The highest BCUT2D eigenvalue weighted by Crippen LogP contribution is 2.37. The summed E-state index contributed by atoms with van der Waals surface area (Å²) in [5, 5.41) is 0. The normalized spacial score (nSPS) is 11.3. The van der Waals surface area contributed by atoms with Crippen molar-refractivity contribution in [3.8, 4) is 17.2 Å². The Bertz CT molecular complexity index is 927. The Kier molecular flexibility index (Phi) is 7.09. The molecule has 6 heteroatoms. The van der Waals surface area contributed by atoms with Crippen LogP contribution in [0.15, 0.2) is 72.8 Å². The topological polar surface area (TPSA) is 18.5 Å². The van der Waals surface area contributed by atoms with Crippen molar-refractivity contribution in [2.45, 2.75) is 18.3 Å². The monoisotopic (exact) mass is 418 g/mol. The number of aryl methyl sites for hydroxylation is 1. The summed E-state index contributed by atoms with van der Waals surface area (Å²) in [6.45, 7) is 0. The predicted molar refractivity (Wildman–Crippen MR) is 111 cm³/mol. The van der Waals surface area contributed by atoms with Gasteiger partial charge in [-0.25, -0.2) is 0 Å². The van der Waals surface area contributed by atoms with Gasteiger partial charge in [0.25, 0.3) is 0 Å². The van der Waals surface area contributed by atoms with Gasteiger partial charge in [0.05, 0.1) is 12.7 Å². The Labute approximate surface area is 172 Å². The number of rotatable bonds is 8. The minimum absolute atomic E-state index is 0.398. The predicted octanol–water partition coefficient (Wildman–Crippen LogP) is 6.98. The fourth-order valence-corrected chi connectivity index (χ4v) is 3.78. The molecule has 0 radical (unpaired) electrons. The number of thioether (sulfide) groups is 1. The van der Waals surface area contributed by atoms with Crippen LogP contribution in [0.5, 0.6) is 17.2 Å². The molecule has 0 N–H and O–H groups in total. The molecule has 0 fully saturated rings. The molecule has 152 valence electrons. The van der Waals surface area contributed by atoms with Gasteiger partial charge in [0.2, 0.25) is 0 Å². The highest BCUT2D eigenvalue weighted by molar-refractivity contribution is 7.98. The Morgan fingerprint density at radius 3 is 2.21 bits per heavy atom. The van der Waals surface area contributed by atoms with Crippen molar-refractivity contribution in [2.24, 2.45) is 0 Å². The molecular weight excluding hydrogens is 397 g/mol. The molecule has 3 aromatic rings. The van der Waals surface area contributed by atoms with Crippen LogP contribution in [-0.4, -0.2) is 12.9 Å². The zero-order valence-corrected chi connectivity index (χ0v) is 16.7. The van der Waals surface area contributed by atoms with Crippen LogP contribution in [-0.2, 0) is 18.3 Å². The van der Waals surface area contributed by atoms with E-state index in [1.54, 1.807) is 36.0 Å². The number of halogens is 3. The average Bonchev–Trinajstić information content (AvgIpc) is 2.72. The number of para-hydroxylation sites is 2. The van der Waals surface area contributed by atoms with E-state index >= 15 is 0 Å². The van der Waals surface area contributed by atoms with Gasteiger partial charge < -0.3 is 9.47 Å². The van der Waals surface area contributed by atoms with E-state index in [4.69, 9.17) is 9.47 Å². The third-order valence-corrected chi connectivity index (χ3v) is 5.32. The summed E-state index contributed by atoms with van der Waals surface area (Å²) in [4.78, 5) is 0. The molecule has 3 aromatic carbocycles. The zero-order valence-electron chi connectivity index (χ0n) is 15.9.